The molecule has 0 aliphatic carbocycles. The van der Waals surface area contributed by atoms with Gasteiger partial charge in [0.15, 0.2) is 5.75 Å². The van der Waals surface area contributed by atoms with Crippen molar-refractivity contribution >= 4 is 53.5 Å². The average molecular weight is 423 g/mol. The fourth-order valence-corrected chi connectivity index (χ4v) is 2.77. The summed E-state index contributed by atoms with van der Waals surface area (Å²) in [6.07, 6.45) is 3.19. The van der Waals surface area contributed by atoms with Crippen LogP contribution in [0, 0.1) is 0 Å². The zero-order valence-corrected chi connectivity index (χ0v) is 13.2. The van der Waals surface area contributed by atoms with Crippen LogP contribution in [0.1, 0.15) is 0 Å². The highest BCUT2D eigenvalue weighted by Gasteiger charge is 2.10. The molecule has 0 aliphatic rings. The summed E-state index contributed by atoms with van der Waals surface area (Å²) in [4.78, 5) is 3.95. The molecule has 0 saturated carbocycles. The molecule has 0 saturated heterocycles. The summed E-state index contributed by atoms with van der Waals surface area (Å²) >= 11 is 10.2. The van der Waals surface area contributed by atoms with E-state index in [1.54, 1.807) is 12.4 Å². The van der Waals surface area contributed by atoms with E-state index < -0.39 is 0 Å². The highest BCUT2D eigenvalue weighted by molar-refractivity contribution is 9.11. The molecule has 1 aromatic heterocycles. The second-order valence-corrected chi connectivity index (χ2v) is 5.84. The summed E-state index contributed by atoms with van der Waals surface area (Å²) in [6, 6.07) is 5.65. The zero-order valence-electron chi connectivity index (χ0n) is 8.45. The fourth-order valence-electron chi connectivity index (χ4n) is 1.21. The van der Waals surface area contributed by atoms with Crippen LogP contribution in [0.2, 0.25) is 0 Å². The molecule has 2 rings (SSSR count). The number of hydrogen-bond donors (Lipinski definition) is 1. The third kappa shape index (κ3) is 3.00. The topological polar surface area (TPSA) is 48.1 Å². The molecule has 0 unspecified atom stereocenters. The number of benzene rings is 1. The minimum atomic E-state index is 0.481. The van der Waals surface area contributed by atoms with Crippen LogP contribution < -0.4 is 10.5 Å². The van der Waals surface area contributed by atoms with Crippen LogP contribution in [0.5, 0.6) is 11.5 Å². The highest BCUT2D eigenvalue weighted by Crippen LogP contribution is 2.37. The molecule has 0 fully saturated rings. The maximum atomic E-state index is 5.81. The van der Waals surface area contributed by atoms with E-state index >= 15 is 0 Å². The summed E-state index contributed by atoms with van der Waals surface area (Å²) in [5.74, 6) is 1.25. The van der Waals surface area contributed by atoms with E-state index in [1.807, 2.05) is 18.2 Å². The van der Waals surface area contributed by atoms with E-state index in [-0.39, 0.29) is 0 Å². The first-order valence-electron chi connectivity index (χ1n) is 4.60. The highest BCUT2D eigenvalue weighted by atomic mass is 79.9. The number of halogens is 3. The Morgan fingerprint density at radius 1 is 1.06 bits per heavy atom. The number of anilines is 1. The van der Waals surface area contributed by atoms with Crippen LogP contribution >= 0.6 is 47.8 Å². The van der Waals surface area contributed by atoms with Gasteiger partial charge in [-0.15, -0.1) is 0 Å². The molecule has 17 heavy (non-hydrogen) atoms. The molecule has 0 radical (unpaired) electrons. The summed E-state index contributed by atoms with van der Waals surface area (Å²) < 4.78 is 8.27. The standard InChI is InChI=1S/C11H7Br3N2O/c12-6-1-2-10(7(13)3-6)17-11-8(14)4-16-5-9(11)15/h1-5H,15H2. The number of pyridine rings is 1. The average Bonchev–Trinajstić information content (AvgIpc) is 2.26. The Morgan fingerprint density at radius 3 is 2.47 bits per heavy atom. The van der Waals surface area contributed by atoms with E-state index in [0.717, 1.165) is 8.95 Å². The number of aromatic nitrogens is 1. The molecule has 1 aromatic carbocycles. The first kappa shape index (κ1) is 12.9. The van der Waals surface area contributed by atoms with E-state index in [2.05, 4.69) is 52.8 Å². The van der Waals surface area contributed by atoms with Crippen molar-refractivity contribution < 1.29 is 4.74 Å². The summed E-state index contributed by atoms with van der Waals surface area (Å²) in [5, 5.41) is 0. The molecule has 0 spiro atoms. The Balaban J connectivity index is 2.38. The Labute approximate surface area is 124 Å². The van der Waals surface area contributed by atoms with Crippen LogP contribution in [-0.2, 0) is 0 Å². The lowest BCUT2D eigenvalue weighted by Gasteiger charge is -2.11. The summed E-state index contributed by atoms with van der Waals surface area (Å²) in [7, 11) is 0. The molecule has 2 aromatic rings. The lowest BCUT2D eigenvalue weighted by Crippen LogP contribution is -1.94. The Bertz CT molecular complexity index is 540. The van der Waals surface area contributed by atoms with Crippen LogP contribution in [0.25, 0.3) is 0 Å². The van der Waals surface area contributed by atoms with Gasteiger partial charge in [-0.1, -0.05) is 15.9 Å². The monoisotopic (exact) mass is 420 g/mol. The molecule has 88 valence electrons. The molecule has 0 amide bonds. The predicted octanol–water partition coefficient (Wildman–Crippen LogP) is 4.74. The van der Waals surface area contributed by atoms with Crippen LogP contribution in [0.3, 0.4) is 0 Å². The van der Waals surface area contributed by atoms with Gasteiger partial charge in [0.05, 0.1) is 20.8 Å². The SMILES string of the molecule is Nc1cncc(Br)c1Oc1ccc(Br)cc1Br. The minimum absolute atomic E-state index is 0.481. The molecule has 0 aliphatic heterocycles. The van der Waals surface area contributed by atoms with Crippen LogP contribution in [0.15, 0.2) is 44.0 Å². The maximum absolute atomic E-state index is 5.81. The summed E-state index contributed by atoms with van der Waals surface area (Å²) in [5.41, 5.74) is 6.29. The fraction of sp³-hybridized carbons (Fsp3) is 0. The van der Waals surface area contributed by atoms with Gasteiger partial charge in [0.1, 0.15) is 5.75 Å². The number of nitrogens with two attached hydrogens (primary N) is 1. The predicted molar refractivity (Wildman–Crippen MR) is 78.3 cm³/mol. The van der Waals surface area contributed by atoms with Crippen molar-refractivity contribution in [2.75, 3.05) is 5.73 Å². The number of nitrogen functional groups attached to an aromatic ring is 1. The Hall–Kier alpha value is -0.590. The van der Waals surface area contributed by atoms with Crippen LogP contribution in [0.4, 0.5) is 5.69 Å². The van der Waals surface area contributed by atoms with Gasteiger partial charge in [-0.2, -0.15) is 0 Å². The lowest BCUT2D eigenvalue weighted by atomic mass is 10.3. The molecule has 1 heterocycles. The molecule has 0 bridgehead atoms. The van der Waals surface area contributed by atoms with Gasteiger partial charge in [-0.05, 0) is 50.1 Å². The third-order valence-corrected chi connectivity index (χ3v) is 3.66. The number of rotatable bonds is 2. The van der Waals surface area contributed by atoms with Gasteiger partial charge in [0, 0.05) is 10.7 Å². The summed E-state index contributed by atoms with van der Waals surface area (Å²) in [6.45, 7) is 0. The molecule has 6 heteroatoms. The van der Waals surface area contributed by atoms with Crippen molar-refractivity contribution in [1.29, 1.82) is 0 Å². The smallest absolute Gasteiger partial charge is 0.167 e. The van der Waals surface area contributed by atoms with Crippen molar-refractivity contribution in [1.82, 2.24) is 4.98 Å². The van der Waals surface area contributed by atoms with Crippen molar-refractivity contribution in [2.45, 2.75) is 0 Å². The number of nitrogens with zero attached hydrogens (tertiary/aromatic N) is 1. The number of hydrogen-bond acceptors (Lipinski definition) is 3. The quantitative estimate of drug-likeness (QED) is 0.760. The Morgan fingerprint density at radius 2 is 1.82 bits per heavy atom. The van der Waals surface area contributed by atoms with Gasteiger partial charge >= 0.3 is 0 Å². The second-order valence-electron chi connectivity index (χ2n) is 3.22. The van der Waals surface area contributed by atoms with Gasteiger partial charge in [-0.3, -0.25) is 4.98 Å². The van der Waals surface area contributed by atoms with Gasteiger partial charge in [0.25, 0.3) is 0 Å². The van der Waals surface area contributed by atoms with Crippen LogP contribution in [-0.4, -0.2) is 4.98 Å². The Kier molecular flexibility index (Phi) is 4.06. The normalized spacial score (nSPS) is 10.3. The lowest BCUT2D eigenvalue weighted by molar-refractivity contribution is 0.478. The van der Waals surface area contributed by atoms with Crippen molar-refractivity contribution in [2.24, 2.45) is 0 Å². The van der Waals surface area contributed by atoms with Gasteiger partial charge < -0.3 is 10.5 Å². The van der Waals surface area contributed by atoms with E-state index in [1.165, 1.54) is 0 Å². The van der Waals surface area contributed by atoms with Crippen molar-refractivity contribution in [3.63, 3.8) is 0 Å². The zero-order chi connectivity index (χ0) is 12.4. The van der Waals surface area contributed by atoms with Gasteiger partial charge in [-0.25, -0.2) is 0 Å². The van der Waals surface area contributed by atoms with E-state index in [4.69, 9.17) is 10.5 Å². The molecule has 2 N–H and O–H groups in total. The molecule has 0 atom stereocenters. The first-order valence-corrected chi connectivity index (χ1v) is 6.97. The second kappa shape index (κ2) is 5.37. The first-order chi connectivity index (χ1) is 8.08. The largest absolute Gasteiger partial charge is 0.453 e. The molecular weight excluding hydrogens is 416 g/mol. The van der Waals surface area contributed by atoms with Crippen molar-refractivity contribution in [3.8, 4) is 11.5 Å². The maximum Gasteiger partial charge on any atom is 0.167 e. The number of ether oxygens (including phenoxy) is 1. The van der Waals surface area contributed by atoms with Gasteiger partial charge in [0.2, 0.25) is 0 Å². The minimum Gasteiger partial charge on any atom is -0.453 e. The molecule has 3 nitrogen and oxygen atoms in total. The third-order valence-electron chi connectivity index (χ3n) is 1.99. The van der Waals surface area contributed by atoms with E-state index in [9.17, 15) is 0 Å². The van der Waals surface area contributed by atoms with Crippen molar-refractivity contribution in [3.05, 3.63) is 44.0 Å². The molecular formula is C11H7Br3N2O. The van der Waals surface area contributed by atoms with E-state index in [0.29, 0.717) is 21.7 Å².